The van der Waals surface area contributed by atoms with Crippen molar-refractivity contribution in [1.29, 1.82) is 0 Å². The molecule has 0 aliphatic carbocycles. The molecule has 2 aromatic carbocycles. The van der Waals surface area contributed by atoms with Crippen molar-refractivity contribution in [3.05, 3.63) is 78.1 Å². The van der Waals surface area contributed by atoms with E-state index in [1.807, 2.05) is 42.6 Å². The van der Waals surface area contributed by atoms with Crippen LogP contribution in [0, 0.1) is 0 Å². The van der Waals surface area contributed by atoms with Gasteiger partial charge in [0, 0.05) is 18.9 Å². The molecule has 0 saturated carbocycles. The SMILES string of the molecule is CC(C)c1ccccc1-n1ccnc1SCC(=O)NCc1ccccc1. The maximum absolute atomic E-state index is 12.2. The number of rotatable bonds is 7. The molecule has 0 spiro atoms. The number of hydrogen-bond donors (Lipinski definition) is 1. The van der Waals surface area contributed by atoms with Crippen LogP contribution >= 0.6 is 11.8 Å². The molecule has 0 aliphatic heterocycles. The van der Waals surface area contributed by atoms with Gasteiger partial charge in [-0.05, 0) is 23.1 Å². The zero-order chi connectivity index (χ0) is 18.4. The number of hydrogen-bond acceptors (Lipinski definition) is 3. The zero-order valence-corrected chi connectivity index (χ0v) is 15.9. The van der Waals surface area contributed by atoms with Gasteiger partial charge in [0.2, 0.25) is 5.91 Å². The Morgan fingerprint density at radius 2 is 1.85 bits per heavy atom. The summed E-state index contributed by atoms with van der Waals surface area (Å²) in [5.41, 5.74) is 3.48. The van der Waals surface area contributed by atoms with Crippen molar-refractivity contribution in [2.45, 2.75) is 31.5 Å². The van der Waals surface area contributed by atoms with Crippen LogP contribution in [0.25, 0.3) is 5.69 Å². The molecular weight excluding hydrogens is 342 g/mol. The minimum atomic E-state index is 0.00514. The highest BCUT2D eigenvalue weighted by molar-refractivity contribution is 7.99. The van der Waals surface area contributed by atoms with Gasteiger partial charge in [0.1, 0.15) is 0 Å². The zero-order valence-electron chi connectivity index (χ0n) is 15.1. The molecule has 0 saturated heterocycles. The van der Waals surface area contributed by atoms with E-state index in [4.69, 9.17) is 0 Å². The first kappa shape index (κ1) is 18.3. The highest BCUT2D eigenvalue weighted by Gasteiger charge is 2.13. The van der Waals surface area contributed by atoms with Crippen LogP contribution in [0.15, 0.2) is 72.1 Å². The Morgan fingerprint density at radius 3 is 2.62 bits per heavy atom. The summed E-state index contributed by atoms with van der Waals surface area (Å²) in [6, 6.07) is 18.2. The molecule has 0 bridgehead atoms. The molecule has 1 aromatic heterocycles. The van der Waals surface area contributed by atoms with Crippen LogP contribution in [0.1, 0.15) is 30.9 Å². The second-order valence-corrected chi connectivity index (χ2v) is 7.29. The third kappa shape index (κ3) is 4.55. The summed E-state index contributed by atoms with van der Waals surface area (Å²) in [6.07, 6.45) is 3.73. The number of benzene rings is 2. The van der Waals surface area contributed by atoms with Crippen molar-refractivity contribution in [2.24, 2.45) is 0 Å². The number of amides is 1. The number of aromatic nitrogens is 2. The molecule has 5 heteroatoms. The quantitative estimate of drug-likeness (QED) is 0.631. The molecule has 1 heterocycles. The molecule has 134 valence electrons. The first-order valence-corrected chi connectivity index (χ1v) is 9.70. The van der Waals surface area contributed by atoms with Gasteiger partial charge in [-0.3, -0.25) is 9.36 Å². The average Bonchev–Trinajstić information content (AvgIpc) is 3.14. The molecule has 0 unspecified atom stereocenters. The summed E-state index contributed by atoms with van der Waals surface area (Å²) >= 11 is 1.45. The van der Waals surface area contributed by atoms with E-state index in [0.717, 1.165) is 16.4 Å². The molecular formula is C21H23N3OS. The van der Waals surface area contributed by atoms with Gasteiger partial charge in [-0.1, -0.05) is 74.1 Å². The fraction of sp³-hybridized carbons (Fsp3) is 0.238. The van der Waals surface area contributed by atoms with Gasteiger partial charge in [-0.15, -0.1) is 0 Å². The Balaban J connectivity index is 1.64. The molecule has 1 N–H and O–H groups in total. The number of thioether (sulfide) groups is 1. The molecule has 26 heavy (non-hydrogen) atoms. The van der Waals surface area contributed by atoms with E-state index in [9.17, 15) is 4.79 Å². The minimum Gasteiger partial charge on any atom is -0.351 e. The van der Waals surface area contributed by atoms with Gasteiger partial charge in [0.05, 0.1) is 11.4 Å². The van der Waals surface area contributed by atoms with Crippen molar-refractivity contribution >= 4 is 17.7 Å². The molecule has 0 radical (unpaired) electrons. The van der Waals surface area contributed by atoms with E-state index < -0.39 is 0 Å². The van der Waals surface area contributed by atoms with Gasteiger partial charge in [0.15, 0.2) is 5.16 Å². The monoisotopic (exact) mass is 365 g/mol. The van der Waals surface area contributed by atoms with Gasteiger partial charge in [0.25, 0.3) is 0 Å². The van der Waals surface area contributed by atoms with Crippen molar-refractivity contribution in [3.8, 4) is 5.69 Å². The molecule has 3 rings (SSSR count). The summed E-state index contributed by atoms with van der Waals surface area (Å²) in [4.78, 5) is 16.6. The maximum Gasteiger partial charge on any atom is 0.230 e. The summed E-state index contributed by atoms with van der Waals surface area (Å²) in [5.74, 6) is 0.763. The smallest absolute Gasteiger partial charge is 0.230 e. The van der Waals surface area contributed by atoms with Crippen LogP contribution in [0.4, 0.5) is 0 Å². The number of carbonyl (C=O) groups is 1. The van der Waals surface area contributed by atoms with Crippen LogP contribution in [0.3, 0.4) is 0 Å². The van der Waals surface area contributed by atoms with E-state index in [0.29, 0.717) is 18.2 Å². The van der Waals surface area contributed by atoms with Crippen molar-refractivity contribution < 1.29 is 4.79 Å². The van der Waals surface area contributed by atoms with E-state index in [-0.39, 0.29) is 5.91 Å². The van der Waals surface area contributed by atoms with Crippen LogP contribution in [0.5, 0.6) is 0 Å². The van der Waals surface area contributed by atoms with Crippen LogP contribution in [-0.2, 0) is 11.3 Å². The number of nitrogens with zero attached hydrogens (tertiary/aromatic N) is 2. The third-order valence-electron chi connectivity index (χ3n) is 4.09. The van der Waals surface area contributed by atoms with Crippen LogP contribution in [0.2, 0.25) is 0 Å². The molecule has 4 nitrogen and oxygen atoms in total. The molecule has 0 fully saturated rings. The van der Waals surface area contributed by atoms with Gasteiger partial charge in [-0.2, -0.15) is 0 Å². The van der Waals surface area contributed by atoms with Crippen molar-refractivity contribution in [2.75, 3.05) is 5.75 Å². The lowest BCUT2D eigenvalue weighted by Gasteiger charge is -2.15. The van der Waals surface area contributed by atoms with E-state index >= 15 is 0 Å². The van der Waals surface area contributed by atoms with Crippen LogP contribution in [-0.4, -0.2) is 21.2 Å². The lowest BCUT2D eigenvalue weighted by Crippen LogP contribution is -2.24. The summed E-state index contributed by atoms with van der Waals surface area (Å²) in [7, 11) is 0. The molecule has 0 atom stereocenters. The molecule has 1 amide bonds. The predicted molar refractivity (Wildman–Crippen MR) is 107 cm³/mol. The summed E-state index contributed by atoms with van der Waals surface area (Å²) < 4.78 is 2.06. The second kappa shape index (κ2) is 8.72. The maximum atomic E-state index is 12.2. The minimum absolute atomic E-state index is 0.00514. The fourth-order valence-electron chi connectivity index (χ4n) is 2.75. The standard InChI is InChI=1S/C21H23N3OS/c1-16(2)18-10-6-7-11-19(18)24-13-12-22-21(24)26-15-20(25)23-14-17-8-4-3-5-9-17/h3-13,16H,14-15H2,1-2H3,(H,23,25). The van der Waals surface area contributed by atoms with E-state index in [2.05, 4.69) is 46.9 Å². The van der Waals surface area contributed by atoms with Crippen molar-refractivity contribution in [3.63, 3.8) is 0 Å². The first-order chi connectivity index (χ1) is 12.6. The topological polar surface area (TPSA) is 46.9 Å². The number of nitrogens with one attached hydrogen (secondary N) is 1. The largest absolute Gasteiger partial charge is 0.351 e. The molecule has 0 aliphatic rings. The Labute approximate surface area is 158 Å². The second-order valence-electron chi connectivity index (χ2n) is 6.34. The van der Waals surface area contributed by atoms with Crippen LogP contribution < -0.4 is 5.32 Å². The van der Waals surface area contributed by atoms with Gasteiger partial charge in [-0.25, -0.2) is 4.98 Å². The average molecular weight is 366 g/mol. The molecule has 3 aromatic rings. The highest BCUT2D eigenvalue weighted by atomic mass is 32.2. The number of para-hydroxylation sites is 1. The normalized spacial score (nSPS) is 10.9. The first-order valence-electron chi connectivity index (χ1n) is 8.71. The fourth-order valence-corrected chi connectivity index (χ4v) is 3.55. The lowest BCUT2D eigenvalue weighted by molar-refractivity contribution is -0.118. The highest BCUT2D eigenvalue weighted by Crippen LogP contribution is 2.27. The van der Waals surface area contributed by atoms with E-state index in [1.165, 1.54) is 17.3 Å². The Bertz CT molecular complexity index is 858. The summed E-state index contributed by atoms with van der Waals surface area (Å²) in [6.45, 7) is 4.91. The van der Waals surface area contributed by atoms with Gasteiger partial charge < -0.3 is 5.32 Å². The summed E-state index contributed by atoms with van der Waals surface area (Å²) in [5, 5.41) is 3.78. The Morgan fingerprint density at radius 1 is 1.12 bits per heavy atom. The van der Waals surface area contributed by atoms with E-state index in [1.54, 1.807) is 6.20 Å². The van der Waals surface area contributed by atoms with Crippen molar-refractivity contribution in [1.82, 2.24) is 14.9 Å². The Hall–Kier alpha value is -2.53. The number of carbonyl (C=O) groups excluding carboxylic acids is 1. The third-order valence-corrected chi connectivity index (χ3v) is 5.06. The van der Waals surface area contributed by atoms with Gasteiger partial charge >= 0.3 is 0 Å². The lowest BCUT2D eigenvalue weighted by atomic mass is 10.0. The predicted octanol–water partition coefficient (Wildman–Crippen LogP) is 4.40. The number of imidazole rings is 1. The Kier molecular flexibility index (Phi) is 6.12.